The second-order valence-corrected chi connectivity index (χ2v) is 4.80. The third kappa shape index (κ3) is 5.09. The van der Waals surface area contributed by atoms with Crippen molar-refractivity contribution in [3.63, 3.8) is 0 Å². The van der Waals surface area contributed by atoms with Crippen LogP contribution in [-0.4, -0.2) is 33.2 Å². The predicted octanol–water partition coefficient (Wildman–Crippen LogP) is 1.57. The number of carbonyl (C=O) groups is 1. The molecule has 1 rings (SSSR count). The van der Waals surface area contributed by atoms with Gasteiger partial charge in [-0.25, -0.2) is 0 Å². The fourth-order valence-electron chi connectivity index (χ4n) is 1.72. The summed E-state index contributed by atoms with van der Waals surface area (Å²) in [5, 5.41) is 6.13. The molecule has 1 aromatic carbocycles. The van der Waals surface area contributed by atoms with Gasteiger partial charge in [-0.15, -0.1) is 0 Å². The first kappa shape index (κ1) is 16.3. The van der Waals surface area contributed by atoms with E-state index in [1.165, 1.54) is 0 Å². The molecule has 5 nitrogen and oxygen atoms in total. The highest BCUT2D eigenvalue weighted by atomic mass is 16.5. The summed E-state index contributed by atoms with van der Waals surface area (Å²) < 4.78 is 10.5. The Bertz CT molecular complexity index is 433. The average molecular weight is 280 g/mol. The molecule has 20 heavy (non-hydrogen) atoms. The highest BCUT2D eigenvalue weighted by Crippen LogP contribution is 2.23. The van der Waals surface area contributed by atoms with Crippen molar-refractivity contribution < 1.29 is 14.3 Å². The number of methoxy groups -OCH3 is 2. The van der Waals surface area contributed by atoms with E-state index >= 15 is 0 Å². The molecule has 0 saturated heterocycles. The van der Waals surface area contributed by atoms with Gasteiger partial charge in [0.1, 0.15) is 11.5 Å². The van der Waals surface area contributed by atoms with Crippen LogP contribution in [0.25, 0.3) is 0 Å². The van der Waals surface area contributed by atoms with Crippen molar-refractivity contribution in [2.75, 3.05) is 27.3 Å². The molecular formula is C15H24N2O3. The number of carbonyl (C=O) groups excluding carboxylic acids is 1. The Kier molecular flexibility index (Phi) is 6.87. The van der Waals surface area contributed by atoms with Gasteiger partial charge in [0.05, 0.1) is 14.2 Å². The van der Waals surface area contributed by atoms with Crippen LogP contribution in [0.15, 0.2) is 18.2 Å². The largest absolute Gasteiger partial charge is 0.497 e. The summed E-state index contributed by atoms with van der Waals surface area (Å²) in [6, 6.07) is 5.69. The summed E-state index contributed by atoms with van der Waals surface area (Å²) in [6.07, 6.45) is 0. The summed E-state index contributed by atoms with van der Waals surface area (Å²) in [5.41, 5.74) is 1.03. The first-order chi connectivity index (χ1) is 9.58. The van der Waals surface area contributed by atoms with Crippen molar-refractivity contribution >= 4 is 5.91 Å². The smallest absolute Gasteiger partial charge is 0.222 e. The molecular weight excluding hydrogens is 256 g/mol. The summed E-state index contributed by atoms with van der Waals surface area (Å²) >= 11 is 0. The average Bonchev–Trinajstić information content (AvgIpc) is 2.46. The number of amides is 1. The van der Waals surface area contributed by atoms with Gasteiger partial charge in [-0.3, -0.25) is 4.79 Å². The lowest BCUT2D eigenvalue weighted by molar-refractivity contribution is -0.123. The molecule has 112 valence electrons. The zero-order valence-electron chi connectivity index (χ0n) is 12.7. The highest BCUT2D eigenvalue weighted by Gasteiger charge is 2.06. The van der Waals surface area contributed by atoms with Crippen LogP contribution in [0, 0.1) is 5.92 Å². The van der Waals surface area contributed by atoms with Gasteiger partial charge >= 0.3 is 0 Å². The molecule has 0 aliphatic heterocycles. The molecule has 0 aliphatic carbocycles. The summed E-state index contributed by atoms with van der Waals surface area (Å²) in [4.78, 5) is 11.4. The van der Waals surface area contributed by atoms with Gasteiger partial charge in [-0.1, -0.05) is 13.8 Å². The standard InChI is InChI=1S/C15H24N2O3/c1-11(2)15(18)17-8-7-16-10-12-9-13(19-3)5-6-14(12)20-4/h5-6,9,11,16H,7-8,10H2,1-4H3,(H,17,18). The molecule has 0 spiro atoms. The molecule has 0 fully saturated rings. The first-order valence-corrected chi connectivity index (χ1v) is 6.77. The number of ether oxygens (including phenoxy) is 2. The van der Waals surface area contributed by atoms with E-state index in [4.69, 9.17) is 9.47 Å². The van der Waals surface area contributed by atoms with Crippen molar-refractivity contribution in [3.05, 3.63) is 23.8 Å². The van der Waals surface area contributed by atoms with Crippen LogP contribution >= 0.6 is 0 Å². The van der Waals surface area contributed by atoms with Crippen molar-refractivity contribution in [2.24, 2.45) is 5.92 Å². The van der Waals surface area contributed by atoms with Gasteiger partial charge in [0.15, 0.2) is 0 Å². The number of benzene rings is 1. The van der Waals surface area contributed by atoms with Crippen LogP contribution in [0.4, 0.5) is 0 Å². The maximum absolute atomic E-state index is 11.4. The van der Waals surface area contributed by atoms with Crippen LogP contribution in [0.2, 0.25) is 0 Å². The van der Waals surface area contributed by atoms with E-state index in [9.17, 15) is 4.79 Å². The van der Waals surface area contributed by atoms with E-state index in [0.717, 1.165) is 17.1 Å². The summed E-state index contributed by atoms with van der Waals surface area (Å²) in [6.45, 7) is 5.74. The molecule has 0 unspecified atom stereocenters. The predicted molar refractivity (Wildman–Crippen MR) is 79.1 cm³/mol. The Labute approximate surface area is 120 Å². The molecule has 0 aliphatic rings. The van der Waals surface area contributed by atoms with Crippen molar-refractivity contribution in [3.8, 4) is 11.5 Å². The zero-order chi connectivity index (χ0) is 15.0. The maximum atomic E-state index is 11.4. The lowest BCUT2D eigenvalue weighted by Gasteiger charge is -2.12. The molecule has 0 aromatic heterocycles. The highest BCUT2D eigenvalue weighted by molar-refractivity contribution is 5.77. The van der Waals surface area contributed by atoms with Crippen molar-refractivity contribution in [2.45, 2.75) is 20.4 Å². The van der Waals surface area contributed by atoms with Crippen molar-refractivity contribution in [1.82, 2.24) is 10.6 Å². The molecule has 0 heterocycles. The number of rotatable bonds is 8. The van der Waals surface area contributed by atoms with E-state index < -0.39 is 0 Å². The fraction of sp³-hybridized carbons (Fsp3) is 0.533. The Morgan fingerprint density at radius 1 is 1.20 bits per heavy atom. The van der Waals surface area contributed by atoms with Gasteiger partial charge in [-0.2, -0.15) is 0 Å². The first-order valence-electron chi connectivity index (χ1n) is 6.77. The van der Waals surface area contributed by atoms with Crippen LogP contribution in [-0.2, 0) is 11.3 Å². The van der Waals surface area contributed by atoms with Gasteiger partial charge < -0.3 is 20.1 Å². The van der Waals surface area contributed by atoms with E-state index in [0.29, 0.717) is 19.6 Å². The third-order valence-corrected chi connectivity index (χ3v) is 2.93. The van der Waals surface area contributed by atoms with Gasteiger partial charge in [-0.05, 0) is 18.2 Å². The quantitative estimate of drug-likeness (QED) is 0.710. The fourth-order valence-corrected chi connectivity index (χ4v) is 1.72. The second kappa shape index (κ2) is 8.43. The minimum Gasteiger partial charge on any atom is -0.497 e. The second-order valence-electron chi connectivity index (χ2n) is 4.80. The number of hydrogen-bond donors (Lipinski definition) is 2. The number of hydrogen-bond acceptors (Lipinski definition) is 4. The van der Waals surface area contributed by atoms with Gasteiger partial charge in [0, 0.05) is 31.1 Å². The van der Waals surface area contributed by atoms with E-state index in [1.54, 1.807) is 14.2 Å². The molecule has 1 amide bonds. The zero-order valence-corrected chi connectivity index (χ0v) is 12.7. The van der Waals surface area contributed by atoms with E-state index in [-0.39, 0.29) is 11.8 Å². The summed E-state index contributed by atoms with van der Waals surface area (Å²) in [7, 11) is 3.29. The topological polar surface area (TPSA) is 59.6 Å². The molecule has 0 radical (unpaired) electrons. The Morgan fingerprint density at radius 2 is 1.95 bits per heavy atom. The van der Waals surface area contributed by atoms with Crippen LogP contribution in [0.1, 0.15) is 19.4 Å². The minimum absolute atomic E-state index is 0.0217. The molecule has 1 aromatic rings. The molecule has 0 atom stereocenters. The normalized spacial score (nSPS) is 10.4. The Morgan fingerprint density at radius 3 is 2.55 bits per heavy atom. The van der Waals surface area contributed by atoms with Gasteiger partial charge in [0.25, 0.3) is 0 Å². The van der Waals surface area contributed by atoms with Crippen molar-refractivity contribution in [1.29, 1.82) is 0 Å². The van der Waals surface area contributed by atoms with E-state index in [2.05, 4.69) is 10.6 Å². The SMILES string of the molecule is COc1ccc(OC)c(CNCCNC(=O)C(C)C)c1. The molecule has 0 bridgehead atoms. The molecule has 5 heteroatoms. The molecule has 0 saturated carbocycles. The minimum atomic E-state index is 0.0217. The van der Waals surface area contributed by atoms with E-state index in [1.807, 2.05) is 32.0 Å². The number of nitrogens with one attached hydrogen (secondary N) is 2. The van der Waals surface area contributed by atoms with Crippen LogP contribution in [0.5, 0.6) is 11.5 Å². The third-order valence-electron chi connectivity index (χ3n) is 2.93. The molecule has 2 N–H and O–H groups in total. The van der Waals surface area contributed by atoms with Crippen LogP contribution < -0.4 is 20.1 Å². The lowest BCUT2D eigenvalue weighted by atomic mass is 10.2. The van der Waals surface area contributed by atoms with Gasteiger partial charge in [0.2, 0.25) is 5.91 Å². The monoisotopic (exact) mass is 280 g/mol. The Balaban J connectivity index is 2.39. The lowest BCUT2D eigenvalue weighted by Crippen LogP contribution is -2.34. The summed E-state index contributed by atoms with van der Waals surface area (Å²) in [5.74, 6) is 1.72. The maximum Gasteiger partial charge on any atom is 0.222 e. The van der Waals surface area contributed by atoms with Crippen LogP contribution in [0.3, 0.4) is 0 Å². The Hall–Kier alpha value is -1.75.